The lowest BCUT2D eigenvalue weighted by atomic mass is 9.96. The van der Waals surface area contributed by atoms with Crippen LogP contribution in [0.3, 0.4) is 0 Å². The van der Waals surface area contributed by atoms with E-state index in [1.165, 1.54) is 11.1 Å². The number of benzene rings is 1. The van der Waals surface area contributed by atoms with Crippen LogP contribution in [0.15, 0.2) is 42.0 Å². The van der Waals surface area contributed by atoms with Crippen LogP contribution in [0.2, 0.25) is 19.6 Å². The Kier molecular flexibility index (Phi) is 3.54. The van der Waals surface area contributed by atoms with Gasteiger partial charge in [0.1, 0.15) is 8.07 Å². The van der Waals surface area contributed by atoms with Gasteiger partial charge in [0, 0.05) is 0 Å². The zero-order valence-electron chi connectivity index (χ0n) is 11.0. The van der Waals surface area contributed by atoms with Crippen molar-refractivity contribution in [2.75, 3.05) is 0 Å². The summed E-state index contributed by atoms with van der Waals surface area (Å²) in [5.74, 6) is 4.05. The number of allylic oxidation sites excluding steroid dienone is 2. The van der Waals surface area contributed by atoms with E-state index in [0.29, 0.717) is 5.92 Å². The Labute approximate surface area is 106 Å². The lowest BCUT2D eigenvalue weighted by molar-refractivity contribution is 0.747. The highest BCUT2D eigenvalue weighted by Gasteiger charge is 2.17. The van der Waals surface area contributed by atoms with Crippen molar-refractivity contribution in [2.45, 2.75) is 38.4 Å². The molecule has 0 bridgehead atoms. The van der Waals surface area contributed by atoms with Crippen LogP contribution in [0, 0.1) is 11.5 Å². The summed E-state index contributed by atoms with van der Waals surface area (Å²) in [5, 5.41) is 0. The van der Waals surface area contributed by atoms with Gasteiger partial charge in [-0.05, 0) is 29.9 Å². The van der Waals surface area contributed by atoms with Gasteiger partial charge in [0.25, 0.3) is 0 Å². The molecule has 0 heterocycles. The summed E-state index contributed by atoms with van der Waals surface area (Å²) in [7, 11) is -1.23. The number of hydrogen-bond donors (Lipinski definition) is 0. The van der Waals surface area contributed by atoms with Gasteiger partial charge < -0.3 is 0 Å². The largest absolute Gasteiger partial charge is 0.129 e. The van der Waals surface area contributed by atoms with Crippen LogP contribution in [0.25, 0.3) is 0 Å². The molecule has 0 spiro atoms. The fraction of sp³-hybridized carbons (Fsp3) is 0.375. The van der Waals surface area contributed by atoms with E-state index < -0.39 is 8.07 Å². The molecule has 1 atom stereocenters. The molecule has 0 fully saturated rings. The summed E-state index contributed by atoms with van der Waals surface area (Å²) in [5.41, 5.74) is 6.26. The molecule has 0 amide bonds. The van der Waals surface area contributed by atoms with E-state index in [9.17, 15) is 0 Å². The van der Waals surface area contributed by atoms with Crippen molar-refractivity contribution in [3.05, 3.63) is 47.5 Å². The van der Waals surface area contributed by atoms with Crippen LogP contribution >= 0.6 is 0 Å². The van der Waals surface area contributed by atoms with Crippen molar-refractivity contribution in [1.29, 1.82) is 0 Å². The van der Waals surface area contributed by atoms with Crippen molar-refractivity contribution >= 4 is 8.07 Å². The van der Waals surface area contributed by atoms with Crippen molar-refractivity contribution in [1.82, 2.24) is 0 Å². The lowest BCUT2D eigenvalue weighted by Gasteiger charge is -2.09. The third-order valence-electron chi connectivity index (χ3n) is 2.98. The summed E-state index contributed by atoms with van der Waals surface area (Å²) < 4.78 is 0. The summed E-state index contributed by atoms with van der Waals surface area (Å²) in [4.78, 5) is 0. The minimum Gasteiger partial charge on any atom is -0.127 e. The van der Waals surface area contributed by atoms with E-state index >= 15 is 0 Å². The van der Waals surface area contributed by atoms with Gasteiger partial charge in [-0.25, -0.2) is 0 Å². The Bertz CT molecular complexity index is 466. The highest BCUT2D eigenvalue weighted by molar-refractivity contribution is 6.83. The zero-order chi connectivity index (χ0) is 12.3. The third kappa shape index (κ3) is 3.61. The Hall–Kier alpha value is -1.26. The van der Waals surface area contributed by atoms with Crippen LogP contribution in [0.4, 0.5) is 0 Å². The Balaban J connectivity index is 2.02. The maximum atomic E-state index is 3.46. The van der Waals surface area contributed by atoms with E-state index in [1.807, 2.05) is 0 Å². The van der Waals surface area contributed by atoms with Gasteiger partial charge in [-0.2, -0.15) is 0 Å². The molecule has 1 aliphatic carbocycles. The molecular formula is C16H20Si. The fourth-order valence-electron chi connectivity index (χ4n) is 2.07. The van der Waals surface area contributed by atoms with Gasteiger partial charge in [0.05, 0.1) is 0 Å². The van der Waals surface area contributed by atoms with Crippen LogP contribution in [0.5, 0.6) is 0 Å². The molecule has 1 unspecified atom stereocenters. The maximum Gasteiger partial charge on any atom is 0.129 e. The first-order valence-corrected chi connectivity index (χ1v) is 9.82. The number of rotatable bonds is 1. The van der Waals surface area contributed by atoms with E-state index in [4.69, 9.17) is 0 Å². The average molecular weight is 240 g/mol. The molecule has 1 heteroatoms. The molecule has 1 aromatic carbocycles. The first kappa shape index (κ1) is 12.2. The van der Waals surface area contributed by atoms with Gasteiger partial charge in [-0.3, -0.25) is 0 Å². The topological polar surface area (TPSA) is 0 Å². The predicted molar refractivity (Wildman–Crippen MR) is 77.6 cm³/mol. The highest BCUT2D eigenvalue weighted by atomic mass is 28.3. The summed E-state index contributed by atoms with van der Waals surface area (Å²) in [6.07, 6.45) is 4.60. The minimum atomic E-state index is -1.23. The van der Waals surface area contributed by atoms with Gasteiger partial charge in [-0.1, -0.05) is 62.0 Å². The van der Waals surface area contributed by atoms with Gasteiger partial charge >= 0.3 is 0 Å². The standard InChI is InChI=1S/C16H20Si/c1-17(2,3)12-11-14-9-10-16(13-14)15-7-5-4-6-8-15/h4-9,16H,10,13H2,1-3H3. The Morgan fingerprint density at radius 1 is 1.12 bits per heavy atom. The van der Waals surface area contributed by atoms with Gasteiger partial charge in [0.2, 0.25) is 0 Å². The molecule has 0 saturated carbocycles. The summed E-state index contributed by atoms with van der Waals surface area (Å²) in [6.45, 7) is 6.89. The van der Waals surface area contributed by atoms with Crippen LogP contribution in [-0.4, -0.2) is 8.07 Å². The third-order valence-corrected chi connectivity index (χ3v) is 3.86. The highest BCUT2D eigenvalue weighted by Crippen LogP contribution is 2.33. The second-order valence-corrected chi connectivity index (χ2v) is 10.5. The predicted octanol–water partition coefficient (Wildman–Crippen LogP) is 4.37. The number of hydrogen-bond acceptors (Lipinski definition) is 0. The summed E-state index contributed by atoms with van der Waals surface area (Å²) >= 11 is 0. The second kappa shape index (κ2) is 4.94. The van der Waals surface area contributed by atoms with Gasteiger partial charge in [-0.15, -0.1) is 5.54 Å². The molecule has 0 radical (unpaired) electrons. The smallest absolute Gasteiger partial charge is 0.127 e. The fourth-order valence-corrected chi connectivity index (χ4v) is 2.60. The van der Waals surface area contributed by atoms with Crippen molar-refractivity contribution in [3.63, 3.8) is 0 Å². The molecule has 0 N–H and O–H groups in total. The van der Waals surface area contributed by atoms with Crippen LogP contribution < -0.4 is 0 Å². The van der Waals surface area contributed by atoms with E-state index in [0.717, 1.165) is 12.8 Å². The monoisotopic (exact) mass is 240 g/mol. The maximum absolute atomic E-state index is 3.46. The van der Waals surface area contributed by atoms with Gasteiger partial charge in [0.15, 0.2) is 0 Å². The normalized spacial score (nSPS) is 19.5. The van der Waals surface area contributed by atoms with Crippen molar-refractivity contribution in [2.24, 2.45) is 0 Å². The second-order valence-electron chi connectivity index (χ2n) is 5.78. The molecule has 88 valence electrons. The molecule has 0 saturated heterocycles. The Morgan fingerprint density at radius 3 is 2.47 bits per heavy atom. The Morgan fingerprint density at radius 2 is 1.82 bits per heavy atom. The van der Waals surface area contributed by atoms with Crippen LogP contribution in [0.1, 0.15) is 24.3 Å². The molecular weight excluding hydrogens is 220 g/mol. The molecule has 0 aliphatic heterocycles. The van der Waals surface area contributed by atoms with E-state index in [1.54, 1.807) is 0 Å². The molecule has 1 aliphatic rings. The molecule has 0 aromatic heterocycles. The zero-order valence-corrected chi connectivity index (χ0v) is 12.0. The average Bonchev–Trinajstić information content (AvgIpc) is 2.75. The van der Waals surface area contributed by atoms with Crippen molar-refractivity contribution in [3.8, 4) is 11.5 Å². The first-order chi connectivity index (χ1) is 8.04. The SMILES string of the molecule is C[Si](C)(C)C#CC1=CCC(c2ccccc2)C1. The lowest BCUT2D eigenvalue weighted by Crippen LogP contribution is -2.16. The quantitative estimate of drug-likeness (QED) is 0.505. The molecule has 0 nitrogen and oxygen atoms in total. The molecule has 17 heavy (non-hydrogen) atoms. The van der Waals surface area contributed by atoms with E-state index in [-0.39, 0.29) is 0 Å². The molecule has 1 aromatic rings. The molecule has 2 rings (SSSR count). The minimum absolute atomic E-state index is 0.655. The summed E-state index contributed by atoms with van der Waals surface area (Å²) in [6, 6.07) is 10.8. The van der Waals surface area contributed by atoms with Crippen LogP contribution in [-0.2, 0) is 0 Å². The first-order valence-electron chi connectivity index (χ1n) is 6.32. The van der Waals surface area contributed by atoms with E-state index in [2.05, 4.69) is 67.5 Å². The van der Waals surface area contributed by atoms with Crippen molar-refractivity contribution < 1.29 is 0 Å².